The average molecular weight is 240 g/mol. The van der Waals surface area contributed by atoms with Crippen molar-refractivity contribution in [1.29, 1.82) is 0 Å². The first-order valence-corrected chi connectivity index (χ1v) is 7.05. The maximum absolute atomic E-state index is 10.0. The van der Waals surface area contributed by atoms with Gasteiger partial charge in [-0.1, -0.05) is 47.0 Å². The summed E-state index contributed by atoms with van der Waals surface area (Å²) < 4.78 is 0. The van der Waals surface area contributed by atoms with Crippen LogP contribution in [-0.4, -0.2) is 5.11 Å². The predicted octanol–water partition coefficient (Wildman–Crippen LogP) is 4.66. The first-order valence-electron chi connectivity index (χ1n) is 6.23. The fraction of sp³-hybridized carbons (Fsp3) is 0.714. The van der Waals surface area contributed by atoms with Crippen molar-refractivity contribution in [3.05, 3.63) is 21.9 Å². The SMILES string of the molecule is CCCCCC(O)c1ccc(C(C)(C)C)s1. The van der Waals surface area contributed by atoms with E-state index in [0.717, 1.165) is 17.7 Å². The van der Waals surface area contributed by atoms with Crippen LogP contribution in [0, 0.1) is 0 Å². The summed E-state index contributed by atoms with van der Waals surface area (Å²) in [5.74, 6) is 0. The van der Waals surface area contributed by atoms with E-state index in [1.54, 1.807) is 11.3 Å². The molecule has 92 valence electrons. The van der Waals surface area contributed by atoms with Gasteiger partial charge in [0.15, 0.2) is 0 Å². The summed E-state index contributed by atoms with van der Waals surface area (Å²) in [5.41, 5.74) is 0.200. The van der Waals surface area contributed by atoms with Crippen LogP contribution in [0.5, 0.6) is 0 Å². The van der Waals surface area contributed by atoms with Crippen LogP contribution in [0.1, 0.15) is 69.2 Å². The normalized spacial score (nSPS) is 14.1. The van der Waals surface area contributed by atoms with Crippen molar-refractivity contribution in [2.24, 2.45) is 0 Å². The number of aliphatic hydroxyl groups is 1. The minimum absolute atomic E-state index is 0.200. The highest BCUT2D eigenvalue weighted by atomic mass is 32.1. The second-order valence-corrected chi connectivity index (χ2v) is 6.58. The first kappa shape index (κ1) is 13.7. The molecule has 0 aliphatic heterocycles. The summed E-state index contributed by atoms with van der Waals surface area (Å²) in [5, 5.41) is 10.0. The van der Waals surface area contributed by atoms with Gasteiger partial charge in [-0.2, -0.15) is 0 Å². The molecule has 1 rings (SSSR count). The smallest absolute Gasteiger partial charge is 0.0882 e. The van der Waals surface area contributed by atoms with Crippen molar-refractivity contribution in [1.82, 2.24) is 0 Å². The van der Waals surface area contributed by atoms with Gasteiger partial charge in [0.25, 0.3) is 0 Å². The van der Waals surface area contributed by atoms with Crippen LogP contribution in [0.25, 0.3) is 0 Å². The second-order valence-electron chi connectivity index (χ2n) is 5.46. The lowest BCUT2D eigenvalue weighted by molar-refractivity contribution is 0.167. The number of unbranched alkanes of at least 4 members (excludes halogenated alkanes) is 2. The van der Waals surface area contributed by atoms with E-state index in [2.05, 4.69) is 39.8 Å². The van der Waals surface area contributed by atoms with Crippen LogP contribution in [0.4, 0.5) is 0 Å². The second kappa shape index (κ2) is 5.83. The van der Waals surface area contributed by atoms with E-state index in [4.69, 9.17) is 0 Å². The molecule has 1 aromatic heterocycles. The Kier molecular flexibility index (Phi) is 5.00. The molecule has 0 fully saturated rings. The third kappa shape index (κ3) is 3.91. The first-order chi connectivity index (χ1) is 7.45. The molecule has 1 atom stereocenters. The predicted molar refractivity (Wildman–Crippen MR) is 72.1 cm³/mol. The summed E-state index contributed by atoms with van der Waals surface area (Å²) in [4.78, 5) is 2.48. The van der Waals surface area contributed by atoms with Crippen LogP contribution in [-0.2, 0) is 5.41 Å². The zero-order chi connectivity index (χ0) is 12.2. The zero-order valence-corrected chi connectivity index (χ0v) is 11.7. The number of thiophene rings is 1. The maximum Gasteiger partial charge on any atom is 0.0882 e. The fourth-order valence-corrected chi connectivity index (χ4v) is 2.75. The minimum Gasteiger partial charge on any atom is -0.388 e. The van der Waals surface area contributed by atoms with E-state index < -0.39 is 0 Å². The summed E-state index contributed by atoms with van der Waals surface area (Å²) in [6.07, 6.45) is 4.20. The zero-order valence-electron chi connectivity index (χ0n) is 10.9. The largest absolute Gasteiger partial charge is 0.388 e. The third-order valence-corrected chi connectivity index (χ3v) is 4.39. The summed E-state index contributed by atoms with van der Waals surface area (Å²) >= 11 is 1.76. The summed E-state index contributed by atoms with van der Waals surface area (Å²) in [6, 6.07) is 4.24. The molecule has 0 aliphatic rings. The van der Waals surface area contributed by atoms with E-state index in [1.165, 1.54) is 17.7 Å². The van der Waals surface area contributed by atoms with E-state index in [1.807, 2.05) is 0 Å². The van der Waals surface area contributed by atoms with Crippen molar-refractivity contribution in [2.75, 3.05) is 0 Å². The van der Waals surface area contributed by atoms with E-state index in [0.29, 0.717) is 0 Å². The van der Waals surface area contributed by atoms with Gasteiger partial charge in [-0.15, -0.1) is 11.3 Å². The van der Waals surface area contributed by atoms with Crippen molar-refractivity contribution < 1.29 is 5.11 Å². The number of aliphatic hydroxyl groups excluding tert-OH is 1. The molecular weight excluding hydrogens is 216 g/mol. The van der Waals surface area contributed by atoms with Gasteiger partial charge in [0.2, 0.25) is 0 Å². The van der Waals surface area contributed by atoms with Gasteiger partial charge in [0.05, 0.1) is 6.10 Å². The van der Waals surface area contributed by atoms with Crippen molar-refractivity contribution in [3.8, 4) is 0 Å². The van der Waals surface area contributed by atoms with Crippen LogP contribution in [0.2, 0.25) is 0 Å². The molecule has 0 aromatic carbocycles. The molecule has 0 saturated heterocycles. The number of hydrogen-bond acceptors (Lipinski definition) is 2. The Balaban J connectivity index is 2.56. The van der Waals surface area contributed by atoms with Gasteiger partial charge in [-0.3, -0.25) is 0 Å². The molecule has 0 aliphatic carbocycles. The lowest BCUT2D eigenvalue weighted by Gasteiger charge is -2.15. The molecular formula is C14H24OS. The molecule has 1 heterocycles. The monoisotopic (exact) mass is 240 g/mol. The van der Waals surface area contributed by atoms with Gasteiger partial charge < -0.3 is 5.11 Å². The van der Waals surface area contributed by atoms with Crippen LogP contribution in [0.15, 0.2) is 12.1 Å². The Morgan fingerprint density at radius 3 is 2.44 bits per heavy atom. The van der Waals surface area contributed by atoms with Gasteiger partial charge in [-0.25, -0.2) is 0 Å². The van der Waals surface area contributed by atoms with Gasteiger partial charge >= 0.3 is 0 Å². The summed E-state index contributed by atoms with van der Waals surface area (Å²) in [6.45, 7) is 8.83. The summed E-state index contributed by atoms with van der Waals surface area (Å²) in [7, 11) is 0. The molecule has 0 saturated carbocycles. The Hall–Kier alpha value is -0.340. The molecule has 1 unspecified atom stereocenters. The molecule has 1 N–H and O–H groups in total. The highest BCUT2D eigenvalue weighted by Gasteiger charge is 2.18. The molecule has 0 radical (unpaired) electrons. The molecule has 1 aromatic rings. The molecule has 0 spiro atoms. The molecule has 2 heteroatoms. The topological polar surface area (TPSA) is 20.2 Å². The number of rotatable bonds is 5. The highest BCUT2D eigenvalue weighted by Crippen LogP contribution is 2.33. The van der Waals surface area contributed by atoms with Crippen molar-refractivity contribution >= 4 is 11.3 Å². The van der Waals surface area contributed by atoms with Crippen LogP contribution in [0.3, 0.4) is 0 Å². The van der Waals surface area contributed by atoms with Crippen molar-refractivity contribution in [3.63, 3.8) is 0 Å². The van der Waals surface area contributed by atoms with E-state index >= 15 is 0 Å². The minimum atomic E-state index is -0.257. The fourth-order valence-electron chi connectivity index (χ4n) is 1.66. The molecule has 0 bridgehead atoms. The molecule has 16 heavy (non-hydrogen) atoms. The lowest BCUT2D eigenvalue weighted by Crippen LogP contribution is -2.07. The third-order valence-electron chi connectivity index (χ3n) is 2.78. The lowest BCUT2D eigenvalue weighted by atomic mass is 9.95. The number of hydrogen-bond donors (Lipinski definition) is 1. The van der Waals surface area contributed by atoms with Gasteiger partial charge in [0.1, 0.15) is 0 Å². The Bertz CT molecular complexity index is 309. The molecule has 0 amide bonds. The standard InChI is InChI=1S/C14H24OS/c1-5-6-7-8-11(15)12-9-10-13(16-12)14(2,3)4/h9-11,15H,5-8H2,1-4H3. The van der Waals surface area contributed by atoms with Crippen molar-refractivity contribution in [2.45, 2.75) is 64.9 Å². The average Bonchev–Trinajstić information content (AvgIpc) is 2.66. The van der Waals surface area contributed by atoms with E-state index in [-0.39, 0.29) is 11.5 Å². The molecule has 1 nitrogen and oxygen atoms in total. The van der Waals surface area contributed by atoms with Crippen LogP contribution < -0.4 is 0 Å². The highest BCUT2D eigenvalue weighted by molar-refractivity contribution is 7.12. The Morgan fingerprint density at radius 1 is 1.25 bits per heavy atom. The van der Waals surface area contributed by atoms with Gasteiger partial charge in [-0.05, 0) is 24.0 Å². The Labute approximate surface area is 104 Å². The maximum atomic E-state index is 10.0. The van der Waals surface area contributed by atoms with Gasteiger partial charge in [0, 0.05) is 9.75 Å². The quantitative estimate of drug-likeness (QED) is 0.742. The Morgan fingerprint density at radius 2 is 1.94 bits per heavy atom. The van der Waals surface area contributed by atoms with E-state index in [9.17, 15) is 5.11 Å². The van der Waals surface area contributed by atoms with Crippen LogP contribution >= 0.6 is 11.3 Å².